The van der Waals surface area contributed by atoms with E-state index in [1.807, 2.05) is 36.2 Å². The number of unbranched alkanes of at least 4 members (excludes halogenated alkanes) is 1. The maximum absolute atomic E-state index is 12.1. The number of hydrogen-bond acceptors (Lipinski definition) is 4. The van der Waals surface area contributed by atoms with E-state index in [0.29, 0.717) is 23.1 Å². The van der Waals surface area contributed by atoms with Gasteiger partial charge in [0.2, 0.25) is 5.95 Å². The van der Waals surface area contributed by atoms with Crippen LogP contribution in [-0.4, -0.2) is 36.0 Å². The second-order valence-corrected chi connectivity index (χ2v) is 6.12. The largest absolute Gasteiger partial charge is 0.352 e. The second kappa shape index (κ2) is 9.23. The van der Waals surface area contributed by atoms with Crippen LogP contribution in [0.3, 0.4) is 0 Å². The first kappa shape index (κ1) is 18.2. The number of halogens is 1. The zero-order valence-electron chi connectivity index (χ0n) is 14.1. The molecular formula is C18H23ClN4O. The molecule has 1 aromatic carbocycles. The van der Waals surface area contributed by atoms with E-state index >= 15 is 0 Å². The number of carbonyl (C=O) groups is 1. The van der Waals surface area contributed by atoms with Gasteiger partial charge in [0, 0.05) is 37.6 Å². The summed E-state index contributed by atoms with van der Waals surface area (Å²) in [6.45, 7) is 3.61. The number of rotatable bonds is 8. The van der Waals surface area contributed by atoms with E-state index in [-0.39, 0.29) is 5.91 Å². The number of aromatic nitrogens is 2. The van der Waals surface area contributed by atoms with Crippen LogP contribution in [0.25, 0.3) is 0 Å². The van der Waals surface area contributed by atoms with Crippen molar-refractivity contribution >= 4 is 23.5 Å². The van der Waals surface area contributed by atoms with Crippen molar-refractivity contribution in [2.24, 2.45) is 0 Å². The van der Waals surface area contributed by atoms with Crippen molar-refractivity contribution in [3.05, 3.63) is 52.8 Å². The minimum atomic E-state index is -0.160. The average molecular weight is 347 g/mol. The normalized spacial score (nSPS) is 10.5. The van der Waals surface area contributed by atoms with Crippen LogP contribution in [-0.2, 0) is 6.42 Å². The Morgan fingerprint density at radius 2 is 1.88 bits per heavy atom. The van der Waals surface area contributed by atoms with Gasteiger partial charge in [0.15, 0.2) is 0 Å². The summed E-state index contributed by atoms with van der Waals surface area (Å²) in [6.07, 6.45) is 6.11. The first-order valence-corrected chi connectivity index (χ1v) is 8.53. The van der Waals surface area contributed by atoms with Gasteiger partial charge in [-0.3, -0.25) is 4.79 Å². The van der Waals surface area contributed by atoms with Gasteiger partial charge in [-0.2, -0.15) is 0 Å². The van der Waals surface area contributed by atoms with E-state index in [2.05, 4.69) is 22.2 Å². The average Bonchev–Trinajstić information content (AvgIpc) is 2.61. The fourth-order valence-corrected chi connectivity index (χ4v) is 2.33. The molecule has 2 rings (SSSR count). The number of hydrogen-bond donors (Lipinski definition) is 1. The zero-order chi connectivity index (χ0) is 17.4. The molecule has 2 aromatic rings. The highest BCUT2D eigenvalue weighted by molar-refractivity contribution is 6.30. The van der Waals surface area contributed by atoms with Crippen LogP contribution in [0.2, 0.25) is 5.02 Å². The van der Waals surface area contributed by atoms with Crippen LogP contribution in [0.15, 0.2) is 36.7 Å². The molecule has 6 heteroatoms. The van der Waals surface area contributed by atoms with Crippen LogP contribution >= 0.6 is 11.6 Å². The van der Waals surface area contributed by atoms with Gasteiger partial charge in [-0.15, -0.1) is 0 Å². The summed E-state index contributed by atoms with van der Waals surface area (Å²) in [7, 11) is 1.96. The predicted octanol–water partition coefficient (Wildman–Crippen LogP) is 3.34. The number of amides is 1. The molecule has 0 spiro atoms. The summed E-state index contributed by atoms with van der Waals surface area (Å²) in [4.78, 5) is 22.6. The number of carbonyl (C=O) groups excluding carboxylic acids is 1. The first-order chi connectivity index (χ1) is 11.6. The lowest BCUT2D eigenvalue weighted by atomic mass is 10.1. The van der Waals surface area contributed by atoms with E-state index in [1.165, 1.54) is 0 Å². The maximum Gasteiger partial charge on any atom is 0.254 e. The monoisotopic (exact) mass is 346 g/mol. The van der Waals surface area contributed by atoms with Crippen LogP contribution in [0.5, 0.6) is 0 Å². The molecule has 0 radical (unpaired) electrons. The molecule has 0 saturated carbocycles. The summed E-state index contributed by atoms with van der Waals surface area (Å²) < 4.78 is 0. The first-order valence-electron chi connectivity index (χ1n) is 8.16. The number of anilines is 1. The highest BCUT2D eigenvalue weighted by atomic mass is 35.5. The van der Waals surface area contributed by atoms with Crippen molar-refractivity contribution in [1.82, 2.24) is 15.3 Å². The molecule has 5 nitrogen and oxygen atoms in total. The Bertz CT molecular complexity index is 643. The Morgan fingerprint density at radius 3 is 2.50 bits per heavy atom. The van der Waals surface area contributed by atoms with Crippen LogP contribution in [0, 0.1) is 0 Å². The van der Waals surface area contributed by atoms with Gasteiger partial charge in [-0.1, -0.05) is 37.1 Å². The lowest BCUT2D eigenvalue weighted by molar-refractivity contribution is 0.0953. The number of nitrogens with zero attached hydrogens (tertiary/aromatic N) is 3. The minimum absolute atomic E-state index is 0.160. The Labute approximate surface area is 148 Å². The Hall–Kier alpha value is -2.14. The van der Waals surface area contributed by atoms with Crippen molar-refractivity contribution in [3.8, 4) is 0 Å². The molecule has 0 atom stereocenters. The van der Waals surface area contributed by atoms with Crippen LogP contribution in [0.1, 0.15) is 35.7 Å². The van der Waals surface area contributed by atoms with Gasteiger partial charge < -0.3 is 10.2 Å². The summed E-state index contributed by atoms with van der Waals surface area (Å²) >= 11 is 5.85. The Balaban J connectivity index is 1.82. The van der Waals surface area contributed by atoms with Gasteiger partial charge in [-0.25, -0.2) is 9.97 Å². The molecule has 0 fully saturated rings. The molecule has 0 aliphatic rings. The highest BCUT2D eigenvalue weighted by Crippen LogP contribution is 2.10. The third kappa shape index (κ3) is 5.49. The SMILES string of the molecule is CCCCN(C)c1ncc(C(=O)NCCc2ccc(Cl)cc2)cn1. The highest BCUT2D eigenvalue weighted by Gasteiger charge is 2.08. The van der Waals surface area contributed by atoms with E-state index in [1.54, 1.807) is 12.4 Å². The molecule has 24 heavy (non-hydrogen) atoms. The fraction of sp³-hybridized carbons (Fsp3) is 0.389. The lowest BCUT2D eigenvalue weighted by Crippen LogP contribution is -2.26. The maximum atomic E-state index is 12.1. The van der Waals surface area contributed by atoms with Crippen molar-refractivity contribution in [3.63, 3.8) is 0 Å². The summed E-state index contributed by atoms with van der Waals surface area (Å²) in [5, 5.41) is 3.59. The molecule has 1 aromatic heterocycles. The third-order valence-corrected chi connectivity index (χ3v) is 3.95. The van der Waals surface area contributed by atoms with E-state index in [0.717, 1.165) is 31.4 Å². The summed E-state index contributed by atoms with van der Waals surface area (Å²) in [6, 6.07) is 7.61. The zero-order valence-corrected chi connectivity index (χ0v) is 14.9. The van der Waals surface area contributed by atoms with Crippen LogP contribution in [0.4, 0.5) is 5.95 Å². The molecular weight excluding hydrogens is 324 g/mol. The predicted molar refractivity (Wildman–Crippen MR) is 97.7 cm³/mol. The lowest BCUT2D eigenvalue weighted by Gasteiger charge is -2.16. The van der Waals surface area contributed by atoms with Gasteiger partial charge in [0.1, 0.15) is 0 Å². The van der Waals surface area contributed by atoms with E-state index < -0.39 is 0 Å². The molecule has 0 unspecified atom stereocenters. The molecule has 0 saturated heterocycles. The van der Waals surface area contributed by atoms with Gasteiger partial charge >= 0.3 is 0 Å². The van der Waals surface area contributed by atoms with Crippen molar-refractivity contribution in [2.75, 3.05) is 25.0 Å². The van der Waals surface area contributed by atoms with Crippen molar-refractivity contribution in [2.45, 2.75) is 26.2 Å². The molecule has 1 heterocycles. The molecule has 1 amide bonds. The van der Waals surface area contributed by atoms with Gasteiger partial charge in [0.25, 0.3) is 5.91 Å². The second-order valence-electron chi connectivity index (χ2n) is 5.68. The van der Waals surface area contributed by atoms with E-state index in [4.69, 9.17) is 11.6 Å². The van der Waals surface area contributed by atoms with Crippen molar-refractivity contribution in [1.29, 1.82) is 0 Å². The topological polar surface area (TPSA) is 58.1 Å². The number of nitrogens with one attached hydrogen (secondary N) is 1. The van der Waals surface area contributed by atoms with Crippen molar-refractivity contribution < 1.29 is 4.79 Å². The summed E-state index contributed by atoms with van der Waals surface area (Å²) in [5.74, 6) is 0.480. The summed E-state index contributed by atoms with van der Waals surface area (Å²) in [5.41, 5.74) is 1.60. The Morgan fingerprint density at radius 1 is 1.21 bits per heavy atom. The van der Waals surface area contributed by atoms with Gasteiger partial charge in [0.05, 0.1) is 5.56 Å². The van der Waals surface area contributed by atoms with Crippen LogP contribution < -0.4 is 10.2 Å². The smallest absolute Gasteiger partial charge is 0.254 e. The third-order valence-electron chi connectivity index (χ3n) is 3.70. The molecule has 128 valence electrons. The molecule has 0 aliphatic heterocycles. The molecule has 0 bridgehead atoms. The minimum Gasteiger partial charge on any atom is -0.352 e. The standard InChI is InChI=1S/C18H23ClN4O/c1-3-4-11-23(2)18-21-12-15(13-22-18)17(24)20-10-9-14-5-7-16(19)8-6-14/h5-8,12-13H,3-4,9-11H2,1-2H3,(H,20,24). The Kier molecular flexibility index (Phi) is 7.00. The quantitative estimate of drug-likeness (QED) is 0.796. The molecule has 0 aliphatic carbocycles. The van der Waals surface area contributed by atoms with E-state index in [9.17, 15) is 4.79 Å². The fourth-order valence-electron chi connectivity index (χ4n) is 2.20. The van der Waals surface area contributed by atoms with Gasteiger partial charge in [-0.05, 0) is 30.5 Å². The molecule has 1 N–H and O–H groups in total. The number of benzene rings is 1.